The molecule has 0 aliphatic rings. The summed E-state index contributed by atoms with van der Waals surface area (Å²) >= 11 is 6.16. The summed E-state index contributed by atoms with van der Waals surface area (Å²) in [5.41, 5.74) is 3.50. The predicted molar refractivity (Wildman–Crippen MR) is 148 cm³/mol. The van der Waals surface area contributed by atoms with E-state index in [1.54, 1.807) is 30.3 Å². The molecule has 1 N–H and O–H groups in total. The maximum Gasteiger partial charge on any atom is 0.345 e. The normalized spacial score (nSPS) is 11.2. The highest BCUT2D eigenvalue weighted by Gasteiger charge is 2.15. The molecule has 0 spiro atoms. The van der Waals surface area contributed by atoms with Gasteiger partial charge in [-0.3, -0.25) is 4.79 Å². The van der Waals surface area contributed by atoms with Gasteiger partial charge in [-0.2, -0.15) is 5.10 Å². The van der Waals surface area contributed by atoms with Gasteiger partial charge in [-0.05, 0) is 35.4 Å². The highest BCUT2D eigenvalue weighted by atomic mass is 35.5. The Morgan fingerprint density at radius 2 is 1.53 bits per heavy atom. The Kier molecular flexibility index (Phi) is 11.5. The number of rotatable bonds is 14. The molecule has 0 radical (unpaired) electrons. The van der Waals surface area contributed by atoms with Gasteiger partial charge in [0.2, 0.25) is 5.91 Å². The molecule has 3 aromatic carbocycles. The molecule has 0 bridgehead atoms. The van der Waals surface area contributed by atoms with Crippen molar-refractivity contribution in [2.45, 2.75) is 71.1 Å². The van der Waals surface area contributed by atoms with E-state index in [1.165, 1.54) is 51.2 Å². The fourth-order valence-electron chi connectivity index (χ4n) is 4.10. The van der Waals surface area contributed by atoms with Crippen LogP contribution in [0.15, 0.2) is 65.8 Å². The lowest BCUT2D eigenvalue weighted by atomic mass is 10.0. The molecule has 0 heterocycles. The van der Waals surface area contributed by atoms with Gasteiger partial charge in [-0.15, -0.1) is 0 Å². The van der Waals surface area contributed by atoms with Crippen molar-refractivity contribution in [3.63, 3.8) is 0 Å². The van der Waals surface area contributed by atoms with E-state index < -0.39 is 5.97 Å². The summed E-state index contributed by atoms with van der Waals surface area (Å²) in [6, 6.07) is 18.1. The molecular weight excluding hydrogens is 472 g/mol. The van der Waals surface area contributed by atoms with Gasteiger partial charge in [0.15, 0.2) is 0 Å². The fraction of sp³-hybridized carbons (Fsp3) is 0.367. The summed E-state index contributed by atoms with van der Waals surface area (Å²) < 4.78 is 5.68. The van der Waals surface area contributed by atoms with Gasteiger partial charge in [0.05, 0.1) is 16.8 Å². The number of ether oxygens (including phenoxy) is 1. The van der Waals surface area contributed by atoms with Crippen LogP contribution in [0.2, 0.25) is 5.02 Å². The molecule has 0 aliphatic heterocycles. The molecule has 1 amide bonds. The van der Waals surface area contributed by atoms with Gasteiger partial charge >= 0.3 is 5.97 Å². The molecule has 36 heavy (non-hydrogen) atoms. The standard InChI is InChI=1S/C30H35ClN2O3/c1-2-3-4-5-6-7-8-9-10-19-29(34)33-32-22-26-24-16-12-11-15-23(24)20-21-28(26)36-30(35)25-17-13-14-18-27(25)31/h11-18,20-22H,2-10,19H2,1H3,(H,33,34)/b32-22+. The Bertz CT molecular complexity index is 1180. The zero-order valence-corrected chi connectivity index (χ0v) is 21.7. The number of unbranched alkanes of at least 4 members (excludes halogenated alkanes) is 8. The third kappa shape index (κ3) is 8.49. The van der Waals surface area contributed by atoms with Gasteiger partial charge in [0, 0.05) is 12.0 Å². The van der Waals surface area contributed by atoms with Crippen LogP contribution < -0.4 is 10.2 Å². The van der Waals surface area contributed by atoms with E-state index in [2.05, 4.69) is 17.5 Å². The zero-order chi connectivity index (χ0) is 25.6. The second-order valence-corrected chi connectivity index (χ2v) is 9.35. The van der Waals surface area contributed by atoms with Crippen molar-refractivity contribution in [3.8, 4) is 5.75 Å². The summed E-state index contributed by atoms with van der Waals surface area (Å²) in [5.74, 6) is -0.334. The van der Waals surface area contributed by atoms with Crippen LogP contribution in [0.4, 0.5) is 0 Å². The molecule has 6 heteroatoms. The molecule has 0 saturated carbocycles. The molecule has 190 valence electrons. The molecule has 0 aliphatic carbocycles. The molecule has 0 fully saturated rings. The summed E-state index contributed by atoms with van der Waals surface area (Å²) in [5, 5.41) is 6.32. The van der Waals surface area contributed by atoms with E-state index in [0.29, 0.717) is 22.8 Å². The van der Waals surface area contributed by atoms with E-state index >= 15 is 0 Å². The maximum absolute atomic E-state index is 12.7. The molecule has 5 nitrogen and oxygen atoms in total. The number of carbonyl (C=O) groups excluding carboxylic acids is 2. The number of fused-ring (bicyclic) bond motifs is 1. The molecule has 3 aromatic rings. The van der Waals surface area contributed by atoms with E-state index in [0.717, 1.165) is 23.6 Å². The van der Waals surface area contributed by atoms with E-state index in [-0.39, 0.29) is 11.5 Å². The molecule has 0 aromatic heterocycles. The van der Waals surface area contributed by atoms with Crippen LogP contribution in [0.3, 0.4) is 0 Å². The highest BCUT2D eigenvalue weighted by Crippen LogP contribution is 2.28. The van der Waals surface area contributed by atoms with Crippen LogP contribution in [0.5, 0.6) is 5.75 Å². The fourth-order valence-corrected chi connectivity index (χ4v) is 4.31. The first-order chi connectivity index (χ1) is 17.6. The number of benzene rings is 3. The maximum atomic E-state index is 12.7. The number of carbonyl (C=O) groups is 2. The molecule has 0 saturated heterocycles. The Labute approximate surface area is 218 Å². The van der Waals surface area contributed by atoms with Gasteiger partial charge in [-0.25, -0.2) is 10.2 Å². The summed E-state index contributed by atoms with van der Waals surface area (Å²) in [6.45, 7) is 2.23. The minimum atomic E-state index is -0.556. The van der Waals surface area contributed by atoms with Crippen LogP contribution in [0, 0.1) is 0 Å². The lowest BCUT2D eigenvalue weighted by Crippen LogP contribution is -2.17. The highest BCUT2D eigenvalue weighted by molar-refractivity contribution is 6.33. The lowest BCUT2D eigenvalue weighted by molar-refractivity contribution is -0.121. The van der Waals surface area contributed by atoms with Crippen LogP contribution in [-0.2, 0) is 4.79 Å². The first-order valence-corrected chi connectivity index (χ1v) is 13.3. The zero-order valence-electron chi connectivity index (χ0n) is 21.0. The van der Waals surface area contributed by atoms with Crippen LogP contribution in [0.25, 0.3) is 10.8 Å². The number of hydrogen-bond donors (Lipinski definition) is 1. The quantitative estimate of drug-likeness (QED) is 0.0789. The minimum absolute atomic E-state index is 0.121. The van der Waals surface area contributed by atoms with Gasteiger partial charge in [0.25, 0.3) is 0 Å². The molecular formula is C30H35ClN2O3. The molecule has 3 rings (SSSR count). The largest absolute Gasteiger partial charge is 0.422 e. The number of esters is 1. The summed E-state index contributed by atoms with van der Waals surface area (Å²) in [4.78, 5) is 25.0. The van der Waals surface area contributed by atoms with E-state index in [9.17, 15) is 9.59 Å². The predicted octanol–water partition coefficient (Wildman–Crippen LogP) is 8.08. The number of nitrogens with one attached hydrogen (secondary N) is 1. The van der Waals surface area contributed by atoms with Gasteiger partial charge in [-0.1, -0.05) is 112 Å². The van der Waals surface area contributed by atoms with E-state index in [1.807, 2.05) is 30.3 Å². The Balaban J connectivity index is 1.57. The Hall–Kier alpha value is -3.18. The van der Waals surface area contributed by atoms with Gasteiger partial charge in [0.1, 0.15) is 5.75 Å². The van der Waals surface area contributed by atoms with Crippen molar-refractivity contribution < 1.29 is 14.3 Å². The van der Waals surface area contributed by atoms with Crippen molar-refractivity contribution in [1.29, 1.82) is 0 Å². The Morgan fingerprint density at radius 1 is 0.861 bits per heavy atom. The van der Waals surface area contributed by atoms with Crippen molar-refractivity contribution in [3.05, 3.63) is 76.8 Å². The van der Waals surface area contributed by atoms with Crippen LogP contribution >= 0.6 is 11.6 Å². The first kappa shape index (κ1) is 27.4. The van der Waals surface area contributed by atoms with Crippen molar-refractivity contribution in [2.75, 3.05) is 0 Å². The smallest absolute Gasteiger partial charge is 0.345 e. The lowest BCUT2D eigenvalue weighted by Gasteiger charge is -2.11. The van der Waals surface area contributed by atoms with Crippen LogP contribution in [0.1, 0.15) is 87.1 Å². The number of nitrogens with zero attached hydrogens (tertiary/aromatic N) is 1. The molecule has 0 atom stereocenters. The number of hydrazone groups is 1. The van der Waals surface area contributed by atoms with Crippen molar-refractivity contribution in [2.24, 2.45) is 5.10 Å². The topological polar surface area (TPSA) is 67.8 Å². The SMILES string of the molecule is CCCCCCCCCCCC(=O)N/N=C/c1c(OC(=O)c2ccccc2Cl)ccc2ccccc12. The Morgan fingerprint density at radius 3 is 2.28 bits per heavy atom. The second-order valence-electron chi connectivity index (χ2n) is 8.94. The summed E-state index contributed by atoms with van der Waals surface area (Å²) in [7, 11) is 0. The van der Waals surface area contributed by atoms with Crippen molar-refractivity contribution in [1.82, 2.24) is 5.43 Å². The first-order valence-electron chi connectivity index (χ1n) is 12.9. The molecule has 0 unspecified atom stereocenters. The average molecular weight is 507 g/mol. The average Bonchev–Trinajstić information content (AvgIpc) is 2.89. The number of amides is 1. The summed E-state index contributed by atoms with van der Waals surface area (Å²) in [6.07, 6.45) is 12.8. The third-order valence-corrected chi connectivity index (χ3v) is 6.45. The van der Waals surface area contributed by atoms with Crippen LogP contribution in [-0.4, -0.2) is 18.1 Å². The number of hydrogen-bond acceptors (Lipinski definition) is 4. The number of halogens is 1. The third-order valence-electron chi connectivity index (χ3n) is 6.12. The van der Waals surface area contributed by atoms with Gasteiger partial charge < -0.3 is 4.74 Å². The van der Waals surface area contributed by atoms with Crippen molar-refractivity contribution >= 4 is 40.5 Å². The minimum Gasteiger partial charge on any atom is -0.422 e. The van der Waals surface area contributed by atoms with E-state index in [4.69, 9.17) is 16.3 Å². The second kappa shape index (κ2) is 15.0. The monoisotopic (exact) mass is 506 g/mol.